The smallest absolute Gasteiger partial charge is 0.236 e. The number of hydrogen-bond acceptors (Lipinski definition) is 6. The molecule has 140 valence electrons. The molecule has 0 spiro atoms. The van der Waals surface area contributed by atoms with Gasteiger partial charge in [-0.2, -0.15) is 5.26 Å². The Kier molecular flexibility index (Phi) is 4.82. The number of rotatable bonds is 4. The van der Waals surface area contributed by atoms with Crippen molar-refractivity contribution in [3.8, 4) is 6.07 Å². The Morgan fingerprint density at radius 1 is 1.33 bits per heavy atom. The molecule has 6 nitrogen and oxygen atoms in total. The molecule has 1 aromatic carbocycles. The second-order valence-corrected chi connectivity index (χ2v) is 9.35. The Hall–Kier alpha value is -2.11. The van der Waals surface area contributed by atoms with Crippen LogP contribution < -0.4 is 0 Å². The zero-order valence-electron chi connectivity index (χ0n) is 15.4. The van der Waals surface area contributed by atoms with Gasteiger partial charge in [0.15, 0.2) is 5.16 Å². The van der Waals surface area contributed by atoms with Gasteiger partial charge in [0.25, 0.3) is 0 Å². The van der Waals surface area contributed by atoms with Gasteiger partial charge in [0.05, 0.1) is 21.5 Å². The second-order valence-electron chi connectivity index (χ2n) is 7.03. The zero-order chi connectivity index (χ0) is 19.0. The summed E-state index contributed by atoms with van der Waals surface area (Å²) in [4.78, 5) is 15.6. The van der Waals surface area contributed by atoms with E-state index in [-0.39, 0.29) is 11.2 Å². The molecule has 8 heteroatoms. The SMILES string of the molecule is C[C@@H](Sc1nnc2sc3ccccc3n12)C(=O)N(C)C1(C#N)CCCCC1. The number of hydrogen-bond donors (Lipinski definition) is 0. The Labute approximate surface area is 166 Å². The Balaban J connectivity index is 1.58. The number of nitrogens with zero attached hydrogens (tertiary/aromatic N) is 5. The summed E-state index contributed by atoms with van der Waals surface area (Å²) in [7, 11) is 1.77. The van der Waals surface area contributed by atoms with E-state index in [1.807, 2.05) is 29.5 Å². The van der Waals surface area contributed by atoms with Crippen molar-refractivity contribution in [1.29, 1.82) is 5.26 Å². The van der Waals surface area contributed by atoms with Crippen molar-refractivity contribution >= 4 is 44.2 Å². The van der Waals surface area contributed by atoms with Crippen LogP contribution in [0, 0.1) is 11.3 Å². The Morgan fingerprint density at radius 3 is 2.81 bits per heavy atom. The maximum atomic E-state index is 13.1. The van der Waals surface area contributed by atoms with Crippen molar-refractivity contribution in [1.82, 2.24) is 19.5 Å². The lowest BCUT2D eigenvalue weighted by molar-refractivity contribution is -0.133. The van der Waals surface area contributed by atoms with Gasteiger partial charge in [-0.3, -0.25) is 9.20 Å². The molecular formula is C19H21N5OS2. The third-order valence-electron chi connectivity index (χ3n) is 5.40. The third-order valence-corrected chi connectivity index (χ3v) is 7.44. The predicted molar refractivity (Wildman–Crippen MR) is 108 cm³/mol. The van der Waals surface area contributed by atoms with Crippen LogP contribution >= 0.6 is 23.1 Å². The average molecular weight is 400 g/mol. The van der Waals surface area contributed by atoms with Crippen LogP contribution in [0.5, 0.6) is 0 Å². The molecular weight excluding hydrogens is 378 g/mol. The van der Waals surface area contributed by atoms with Crippen LogP contribution in [0.3, 0.4) is 0 Å². The van der Waals surface area contributed by atoms with E-state index in [1.165, 1.54) is 11.8 Å². The topological polar surface area (TPSA) is 74.3 Å². The maximum absolute atomic E-state index is 13.1. The van der Waals surface area contributed by atoms with E-state index in [0.29, 0.717) is 5.16 Å². The lowest BCUT2D eigenvalue weighted by atomic mass is 9.81. The van der Waals surface area contributed by atoms with Gasteiger partial charge in [0, 0.05) is 7.05 Å². The largest absolute Gasteiger partial charge is 0.326 e. The van der Waals surface area contributed by atoms with Crippen molar-refractivity contribution < 1.29 is 4.79 Å². The summed E-state index contributed by atoms with van der Waals surface area (Å²) in [6.07, 6.45) is 4.65. The highest BCUT2D eigenvalue weighted by Crippen LogP contribution is 2.35. The number of benzene rings is 1. The highest BCUT2D eigenvalue weighted by Gasteiger charge is 2.40. The average Bonchev–Trinajstić information content (AvgIpc) is 3.27. The number of aromatic nitrogens is 3. The highest BCUT2D eigenvalue weighted by molar-refractivity contribution is 8.00. The molecule has 2 aromatic heterocycles. The standard InChI is InChI=1S/C19H21N5OS2/c1-13(16(25)23(2)19(12-20)10-6-3-7-11-19)26-17-21-22-18-24(17)14-8-4-5-9-15(14)27-18/h4-5,8-9,13H,3,6-7,10-11H2,1-2H3/t13-/m1/s1. The molecule has 1 atom stereocenters. The molecule has 1 aliphatic carbocycles. The fourth-order valence-corrected chi connectivity index (χ4v) is 5.76. The number of carbonyl (C=O) groups is 1. The first-order valence-corrected chi connectivity index (χ1v) is 10.8. The third kappa shape index (κ3) is 3.09. The number of thiazole rings is 1. The molecule has 27 heavy (non-hydrogen) atoms. The van der Waals surface area contributed by atoms with Gasteiger partial charge in [-0.25, -0.2) is 0 Å². The molecule has 0 unspecified atom stereocenters. The summed E-state index contributed by atoms with van der Waals surface area (Å²) in [5.41, 5.74) is 0.387. The van der Waals surface area contributed by atoms with Gasteiger partial charge in [-0.05, 0) is 31.9 Å². The van der Waals surface area contributed by atoms with Crippen molar-refractivity contribution in [2.75, 3.05) is 7.05 Å². The summed E-state index contributed by atoms with van der Waals surface area (Å²) >= 11 is 2.99. The summed E-state index contributed by atoms with van der Waals surface area (Å²) in [6, 6.07) is 10.5. The lowest BCUT2D eigenvalue weighted by Gasteiger charge is -2.40. The first-order chi connectivity index (χ1) is 13.1. The molecule has 1 amide bonds. The molecule has 0 radical (unpaired) electrons. The van der Waals surface area contributed by atoms with Crippen LogP contribution in [0.4, 0.5) is 0 Å². The minimum atomic E-state index is -0.667. The number of carbonyl (C=O) groups excluding carboxylic acids is 1. The van der Waals surface area contributed by atoms with Gasteiger partial charge in [-0.1, -0.05) is 54.5 Å². The molecule has 0 aliphatic heterocycles. The van der Waals surface area contributed by atoms with Gasteiger partial charge in [-0.15, -0.1) is 10.2 Å². The van der Waals surface area contributed by atoms with E-state index in [4.69, 9.17) is 0 Å². The lowest BCUT2D eigenvalue weighted by Crippen LogP contribution is -2.52. The first kappa shape index (κ1) is 18.3. The molecule has 4 rings (SSSR count). The Bertz CT molecular complexity index is 1030. The zero-order valence-corrected chi connectivity index (χ0v) is 17.0. The number of nitriles is 1. The van der Waals surface area contributed by atoms with Crippen LogP contribution in [0.1, 0.15) is 39.0 Å². The van der Waals surface area contributed by atoms with Gasteiger partial charge >= 0.3 is 0 Å². The van der Waals surface area contributed by atoms with Gasteiger partial charge in [0.1, 0.15) is 5.54 Å². The summed E-state index contributed by atoms with van der Waals surface area (Å²) < 4.78 is 3.15. The van der Waals surface area contributed by atoms with E-state index in [2.05, 4.69) is 22.3 Å². The minimum absolute atomic E-state index is 0.0280. The van der Waals surface area contributed by atoms with Crippen molar-refractivity contribution in [3.63, 3.8) is 0 Å². The molecule has 2 heterocycles. The first-order valence-electron chi connectivity index (χ1n) is 9.14. The normalized spacial score (nSPS) is 17.7. The quantitative estimate of drug-likeness (QED) is 0.617. The monoisotopic (exact) mass is 399 g/mol. The summed E-state index contributed by atoms with van der Waals surface area (Å²) in [5.74, 6) is -0.0280. The van der Waals surface area contributed by atoms with E-state index < -0.39 is 5.54 Å². The summed E-state index contributed by atoms with van der Waals surface area (Å²) in [5, 5.41) is 18.7. The van der Waals surface area contributed by atoms with E-state index in [1.54, 1.807) is 23.3 Å². The molecule has 1 saturated carbocycles. The number of fused-ring (bicyclic) bond motifs is 3. The van der Waals surface area contributed by atoms with E-state index in [0.717, 1.165) is 47.3 Å². The molecule has 1 fully saturated rings. The minimum Gasteiger partial charge on any atom is -0.326 e. The molecule has 0 bridgehead atoms. The van der Waals surface area contributed by atoms with Crippen LogP contribution in [-0.4, -0.2) is 43.2 Å². The number of amides is 1. The fraction of sp³-hybridized carbons (Fsp3) is 0.474. The van der Waals surface area contributed by atoms with Gasteiger partial charge in [0.2, 0.25) is 10.9 Å². The van der Waals surface area contributed by atoms with Crippen molar-refractivity contribution in [3.05, 3.63) is 24.3 Å². The molecule has 1 aliphatic rings. The summed E-state index contributed by atoms with van der Waals surface area (Å²) in [6.45, 7) is 1.88. The second kappa shape index (κ2) is 7.13. The molecule has 0 saturated heterocycles. The van der Waals surface area contributed by atoms with Crippen molar-refractivity contribution in [2.45, 2.75) is 55.0 Å². The van der Waals surface area contributed by atoms with Crippen LogP contribution in [-0.2, 0) is 4.79 Å². The van der Waals surface area contributed by atoms with Crippen LogP contribution in [0.2, 0.25) is 0 Å². The Morgan fingerprint density at radius 2 is 2.07 bits per heavy atom. The maximum Gasteiger partial charge on any atom is 0.236 e. The molecule has 0 N–H and O–H groups in total. The van der Waals surface area contributed by atoms with E-state index in [9.17, 15) is 10.1 Å². The number of thioether (sulfide) groups is 1. The molecule has 3 aromatic rings. The highest BCUT2D eigenvalue weighted by atomic mass is 32.2. The van der Waals surface area contributed by atoms with Crippen molar-refractivity contribution in [2.24, 2.45) is 0 Å². The van der Waals surface area contributed by atoms with Crippen LogP contribution in [0.25, 0.3) is 15.2 Å². The predicted octanol–water partition coefficient (Wildman–Crippen LogP) is 4.11. The van der Waals surface area contributed by atoms with E-state index >= 15 is 0 Å². The number of para-hydroxylation sites is 1. The van der Waals surface area contributed by atoms with Crippen LogP contribution in [0.15, 0.2) is 29.4 Å². The fourth-order valence-electron chi connectivity index (χ4n) is 3.78. The van der Waals surface area contributed by atoms with Gasteiger partial charge < -0.3 is 4.90 Å².